The highest BCUT2D eigenvalue weighted by molar-refractivity contribution is 5.08. The average Bonchev–Trinajstić information content (AvgIpc) is 2.62. The smallest absolute Gasteiger partial charge is 0.224 e. The molecule has 1 fully saturated rings. The zero-order valence-corrected chi connectivity index (χ0v) is 10.0. The van der Waals surface area contributed by atoms with Crippen LogP contribution in [0.3, 0.4) is 0 Å². The monoisotopic (exact) mass is 398 g/mol. The van der Waals surface area contributed by atoms with Gasteiger partial charge in [-0.3, -0.25) is 0 Å². The van der Waals surface area contributed by atoms with Crippen LogP contribution in [0.15, 0.2) is 0 Å². The summed E-state index contributed by atoms with van der Waals surface area (Å²) in [6, 6.07) is -6.33. The third-order valence-electron chi connectivity index (χ3n) is 2.41. The van der Waals surface area contributed by atoms with Gasteiger partial charge in [-0.05, 0) is 0 Å². The molecule has 0 amide bonds. The lowest BCUT2D eigenvalue weighted by molar-refractivity contribution is -0.495. The van der Waals surface area contributed by atoms with E-state index in [-0.39, 0.29) is 0 Å². The molecule has 1 aliphatic heterocycles. The summed E-state index contributed by atoms with van der Waals surface area (Å²) in [6.07, 6.45) is -13.1. The first-order valence-corrected chi connectivity index (χ1v) is 4.88. The van der Waals surface area contributed by atoms with Gasteiger partial charge in [0.05, 0.1) is 0 Å². The Hall–Kier alpha value is -1.10. The van der Waals surface area contributed by atoms with Crippen LogP contribution in [0.25, 0.3) is 0 Å². The largest absolute Gasteiger partial charge is 0.517 e. The molecule has 0 spiro atoms. The Balaban J connectivity index is 3.41. The van der Waals surface area contributed by atoms with Gasteiger partial charge >= 0.3 is 42.2 Å². The van der Waals surface area contributed by atoms with Gasteiger partial charge in [-0.2, -0.15) is 57.6 Å². The number of rotatable bonds is 4. The fourth-order valence-electron chi connectivity index (χ4n) is 1.17. The molecule has 1 atom stereocenters. The lowest BCUT2D eigenvalue weighted by Crippen LogP contribution is -2.71. The van der Waals surface area contributed by atoms with Crippen molar-refractivity contribution in [2.24, 2.45) is 0 Å². The second kappa shape index (κ2) is 4.96. The molecule has 144 valence electrons. The molecule has 1 unspecified atom stereocenters. The van der Waals surface area contributed by atoms with Crippen LogP contribution in [-0.4, -0.2) is 42.2 Å². The second-order valence-corrected chi connectivity index (χ2v) is 4.06. The highest BCUT2D eigenvalue weighted by Gasteiger charge is 2.93. The fourth-order valence-corrected chi connectivity index (χ4v) is 1.17. The molecule has 0 aromatic heterocycles. The molecule has 3 nitrogen and oxygen atoms in total. The highest BCUT2D eigenvalue weighted by atomic mass is 19.4. The topological polar surface area (TPSA) is 27.7 Å². The predicted molar refractivity (Wildman–Crippen MR) is 37.9 cm³/mol. The first-order valence-electron chi connectivity index (χ1n) is 4.88. The van der Waals surface area contributed by atoms with Crippen molar-refractivity contribution in [2.45, 2.75) is 42.2 Å². The third kappa shape index (κ3) is 2.56. The number of alkyl halides is 14. The van der Waals surface area contributed by atoms with Gasteiger partial charge in [0.25, 0.3) is 0 Å². The summed E-state index contributed by atoms with van der Waals surface area (Å²) in [6.45, 7) is 0. The maximum absolute atomic E-state index is 13.2. The molecule has 0 radical (unpaired) electrons. The molecule has 24 heavy (non-hydrogen) atoms. The Morgan fingerprint density at radius 3 is 1.25 bits per heavy atom. The molecule has 0 bridgehead atoms. The highest BCUT2D eigenvalue weighted by Crippen LogP contribution is 2.61. The van der Waals surface area contributed by atoms with Crippen LogP contribution in [0.4, 0.5) is 61.5 Å². The number of ether oxygens (including phenoxy) is 1. The number of halogens is 14. The summed E-state index contributed by atoms with van der Waals surface area (Å²) >= 11 is 0. The third-order valence-corrected chi connectivity index (χ3v) is 2.41. The molecule has 1 heterocycles. The van der Waals surface area contributed by atoms with Crippen LogP contribution in [0.2, 0.25) is 0 Å². The van der Waals surface area contributed by atoms with Crippen LogP contribution in [0.1, 0.15) is 0 Å². The molecule has 1 aliphatic rings. The van der Waals surface area contributed by atoms with Crippen LogP contribution in [-0.2, 0) is 14.5 Å². The minimum Gasteiger partial charge on any atom is -0.224 e. The Morgan fingerprint density at radius 1 is 0.542 bits per heavy atom. The minimum absolute atomic E-state index is 2.15. The van der Waals surface area contributed by atoms with Crippen LogP contribution in [0, 0.1) is 0 Å². The van der Waals surface area contributed by atoms with Gasteiger partial charge in [-0.25, -0.2) is 4.74 Å². The Kier molecular flexibility index (Phi) is 4.33. The molecular formula is C7F14O3. The predicted octanol–water partition coefficient (Wildman–Crippen LogP) is 4.24. The van der Waals surface area contributed by atoms with Crippen molar-refractivity contribution in [1.82, 2.24) is 0 Å². The lowest BCUT2D eigenvalue weighted by atomic mass is 9.97. The molecule has 0 aromatic rings. The fraction of sp³-hybridized carbons (Fsp3) is 1.00. The summed E-state index contributed by atoms with van der Waals surface area (Å²) in [5.74, 6) is -31.3. The van der Waals surface area contributed by atoms with E-state index in [1.807, 2.05) is 0 Å². The van der Waals surface area contributed by atoms with Crippen molar-refractivity contribution in [3.63, 3.8) is 0 Å². The van der Waals surface area contributed by atoms with Crippen LogP contribution in [0.5, 0.6) is 0 Å². The molecule has 0 aromatic carbocycles. The molecule has 0 saturated carbocycles. The van der Waals surface area contributed by atoms with E-state index in [1.54, 1.807) is 0 Å². The maximum atomic E-state index is 13.2. The van der Waals surface area contributed by atoms with Gasteiger partial charge in [-0.15, -0.1) is 13.7 Å². The summed E-state index contributed by atoms with van der Waals surface area (Å²) < 4.78 is 177. The van der Waals surface area contributed by atoms with Crippen molar-refractivity contribution in [3.8, 4) is 0 Å². The zero-order valence-electron chi connectivity index (χ0n) is 10.0. The maximum Gasteiger partial charge on any atom is 0.517 e. The summed E-state index contributed by atoms with van der Waals surface area (Å²) in [4.78, 5) is 4.58. The van der Waals surface area contributed by atoms with Crippen molar-refractivity contribution in [3.05, 3.63) is 0 Å². The SMILES string of the molecule is FC1(F)OOC(F)(C(F)(F)C(F)(F)C(F)(F)C(F)(F)C(F)(F)F)O1. The van der Waals surface area contributed by atoms with Crippen LogP contribution < -0.4 is 0 Å². The lowest BCUT2D eigenvalue weighted by Gasteiger charge is -2.39. The number of hydrogen-bond donors (Lipinski definition) is 0. The van der Waals surface area contributed by atoms with E-state index in [9.17, 15) is 61.5 Å². The molecule has 1 saturated heterocycles. The van der Waals surface area contributed by atoms with Crippen molar-refractivity contribution >= 4 is 0 Å². The van der Waals surface area contributed by atoms with Crippen molar-refractivity contribution < 1.29 is 76.0 Å². The molecular weight excluding hydrogens is 398 g/mol. The minimum atomic E-state index is -8.02. The molecule has 0 aliphatic carbocycles. The first kappa shape index (κ1) is 20.9. The molecule has 17 heteroatoms. The summed E-state index contributed by atoms with van der Waals surface area (Å²) in [7, 11) is 0. The second-order valence-electron chi connectivity index (χ2n) is 4.06. The van der Waals surface area contributed by atoms with Gasteiger partial charge < -0.3 is 0 Å². The average molecular weight is 398 g/mol. The van der Waals surface area contributed by atoms with Crippen molar-refractivity contribution in [1.29, 1.82) is 0 Å². The van der Waals surface area contributed by atoms with Crippen molar-refractivity contribution in [2.75, 3.05) is 0 Å². The van der Waals surface area contributed by atoms with Crippen LogP contribution >= 0.6 is 0 Å². The van der Waals surface area contributed by atoms with Gasteiger partial charge in [0, 0.05) is 0 Å². The Morgan fingerprint density at radius 2 is 0.958 bits per heavy atom. The molecule has 0 N–H and O–H groups in total. The van der Waals surface area contributed by atoms with E-state index in [0.717, 1.165) is 0 Å². The van der Waals surface area contributed by atoms with E-state index < -0.39 is 42.2 Å². The standard InChI is InChI=1S/C7F14O3/c8-1(9,3(12,13)5(16,17)18)2(10,11)4(14,15)6(19)22-7(20,21)24-23-6. The van der Waals surface area contributed by atoms with E-state index in [4.69, 9.17) is 0 Å². The first-order chi connectivity index (χ1) is 10.2. The summed E-state index contributed by atoms with van der Waals surface area (Å²) in [5.41, 5.74) is 0. The Labute approximate surface area is 120 Å². The normalized spacial score (nSPS) is 26.8. The van der Waals surface area contributed by atoms with E-state index in [2.05, 4.69) is 14.5 Å². The van der Waals surface area contributed by atoms with E-state index in [0.29, 0.717) is 0 Å². The van der Waals surface area contributed by atoms with Gasteiger partial charge in [0.2, 0.25) is 0 Å². The van der Waals surface area contributed by atoms with Gasteiger partial charge in [0.1, 0.15) is 0 Å². The van der Waals surface area contributed by atoms with E-state index >= 15 is 0 Å². The quantitative estimate of drug-likeness (QED) is 0.524. The zero-order chi connectivity index (χ0) is 19.6. The van der Waals surface area contributed by atoms with Gasteiger partial charge in [0.15, 0.2) is 0 Å². The van der Waals surface area contributed by atoms with Gasteiger partial charge in [-0.1, -0.05) is 0 Å². The van der Waals surface area contributed by atoms with E-state index in [1.165, 1.54) is 0 Å². The Bertz CT molecular complexity index is 497. The molecule has 1 rings (SSSR count). The number of hydrogen-bond acceptors (Lipinski definition) is 3. The summed E-state index contributed by atoms with van der Waals surface area (Å²) in [5, 5.41) is 0.